The normalized spacial score (nSPS) is 10.2. The number of hydrogen-bond acceptors (Lipinski definition) is 5. The molecule has 18 heavy (non-hydrogen) atoms. The highest BCUT2D eigenvalue weighted by Crippen LogP contribution is 2.07. The van der Waals surface area contributed by atoms with Gasteiger partial charge in [-0.3, -0.25) is 9.59 Å². The number of nitrogens with zero attached hydrogens (tertiary/aromatic N) is 1. The van der Waals surface area contributed by atoms with Crippen LogP contribution in [0.25, 0.3) is 0 Å². The van der Waals surface area contributed by atoms with Crippen molar-refractivity contribution in [3.63, 3.8) is 0 Å². The number of carbonyl (C=O) groups is 2. The smallest absolute Gasteiger partial charge is 0.328 e. The number of hydrogen-bond donors (Lipinski definition) is 0. The monoisotopic (exact) mass is 251 g/mol. The minimum absolute atomic E-state index is 0.207. The topological polar surface area (TPSA) is 55.8 Å². The molecule has 5 heteroatoms. The molecule has 1 aromatic carbocycles. The zero-order chi connectivity index (χ0) is 13.4. The second kappa shape index (κ2) is 7.45. The first-order valence-corrected chi connectivity index (χ1v) is 5.88. The van der Waals surface area contributed by atoms with Gasteiger partial charge in [-0.2, -0.15) is 0 Å². The van der Waals surface area contributed by atoms with Crippen molar-refractivity contribution in [2.75, 3.05) is 0 Å². The number of carbonyl (C=O) groups excluding carboxylic acids is 2. The van der Waals surface area contributed by atoms with Gasteiger partial charge in [0, 0.05) is 18.1 Å². The van der Waals surface area contributed by atoms with Gasteiger partial charge in [0.1, 0.15) is 0 Å². The van der Waals surface area contributed by atoms with Crippen LogP contribution in [0.5, 0.6) is 0 Å². The van der Waals surface area contributed by atoms with E-state index in [0.717, 1.165) is 10.8 Å². The Labute approximate surface area is 106 Å². The number of rotatable bonds is 6. The second-order valence-corrected chi connectivity index (χ2v) is 3.61. The third-order valence-electron chi connectivity index (χ3n) is 2.14. The molecule has 0 N–H and O–H groups in total. The summed E-state index contributed by atoms with van der Waals surface area (Å²) in [4.78, 5) is 32.3. The summed E-state index contributed by atoms with van der Waals surface area (Å²) in [6.45, 7) is 3.55. The predicted molar refractivity (Wildman–Crippen MR) is 64.8 cm³/mol. The third kappa shape index (κ3) is 4.97. The molecule has 98 valence electrons. The molecule has 0 saturated heterocycles. The molecule has 0 heterocycles. The molecule has 0 radical (unpaired) electrons. The summed E-state index contributed by atoms with van der Waals surface area (Å²) in [6, 6.07) is 9.30. The van der Waals surface area contributed by atoms with Gasteiger partial charge in [0.15, 0.2) is 0 Å². The van der Waals surface area contributed by atoms with Crippen molar-refractivity contribution in [3.05, 3.63) is 35.9 Å². The summed E-state index contributed by atoms with van der Waals surface area (Å²) < 4.78 is 0. The van der Waals surface area contributed by atoms with E-state index in [4.69, 9.17) is 9.68 Å². The summed E-state index contributed by atoms with van der Waals surface area (Å²) in [6.07, 6.45) is 0.434. The lowest BCUT2D eigenvalue weighted by Gasteiger charge is -2.19. The van der Waals surface area contributed by atoms with Gasteiger partial charge in [-0.15, -0.1) is 0 Å². The van der Waals surface area contributed by atoms with Crippen molar-refractivity contribution in [1.82, 2.24) is 5.23 Å². The molecule has 0 atom stereocenters. The lowest BCUT2D eigenvalue weighted by molar-refractivity contribution is -0.331. The average molecular weight is 251 g/mol. The average Bonchev–Trinajstić information content (AvgIpc) is 2.39. The maximum absolute atomic E-state index is 11.2. The summed E-state index contributed by atoms with van der Waals surface area (Å²) in [5.41, 5.74) is 0.880. The van der Waals surface area contributed by atoms with Crippen LogP contribution < -0.4 is 0 Å². The Hall–Kier alpha value is -1.88. The lowest BCUT2D eigenvalue weighted by atomic mass is 10.2. The van der Waals surface area contributed by atoms with E-state index in [1.54, 1.807) is 13.8 Å². The molecular weight excluding hydrogens is 234 g/mol. The zero-order valence-corrected chi connectivity index (χ0v) is 10.6. The van der Waals surface area contributed by atoms with Crippen molar-refractivity contribution < 1.29 is 19.3 Å². The van der Waals surface area contributed by atoms with Gasteiger partial charge in [-0.05, 0) is 5.56 Å². The lowest BCUT2D eigenvalue weighted by Crippen LogP contribution is -2.29. The molecule has 0 aliphatic heterocycles. The molecule has 0 unspecified atom stereocenters. The van der Waals surface area contributed by atoms with Crippen LogP contribution in [0.15, 0.2) is 30.3 Å². The fourth-order valence-corrected chi connectivity index (χ4v) is 1.17. The van der Waals surface area contributed by atoms with Crippen LogP contribution in [0.2, 0.25) is 0 Å². The first-order chi connectivity index (χ1) is 8.65. The van der Waals surface area contributed by atoms with Gasteiger partial charge in [-0.25, -0.2) is 0 Å². The van der Waals surface area contributed by atoms with Crippen LogP contribution in [0.4, 0.5) is 0 Å². The first kappa shape index (κ1) is 14.2. The van der Waals surface area contributed by atoms with Gasteiger partial charge >= 0.3 is 11.9 Å². The molecule has 0 bridgehead atoms. The summed E-state index contributed by atoms with van der Waals surface area (Å²) in [5, 5.41) is 0.924. The van der Waals surface area contributed by atoms with E-state index < -0.39 is 11.9 Å². The van der Waals surface area contributed by atoms with E-state index in [-0.39, 0.29) is 19.4 Å². The van der Waals surface area contributed by atoms with Crippen molar-refractivity contribution >= 4 is 11.9 Å². The van der Waals surface area contributed by atoms with E-state index in [1.807, 2.05) is 30.3 Å². The molecule has 0 aromatic heterocycles. The SMILES string of the molecule is CCC(=O)ON(Cc1ccccc1)OC(=O)CC. The van der Waals surface area contributed by atoms with Crippen molar-refractivity contribution in [3.8, 4) is 0 Å². The molecule has 0 amide bonds. The maximum Gasteiger partial charge on any atom is 0.328 e. The highest BCUT2D eigenvalue weighted by molar-refractivity contribution is 5.70. The summed E-state index contributed by atoms with van der Waals surface area (Å²) in [5.74, 6) is -0.898. The Bertz CT molecular complexity index is 373. The molecule has 5 nitrogen and oxygen atoms in total. The molecule has 0 spiro atoms. The third-order valence-corrected chi connectivity index (χ3v) is 2.14. The molecule has 0 fully saturated rings. The minimum atomic E-state index is -0.449. The summed E-state index contributed by atoms with van der Waals surface area (Å²) in [7, 11) is 0. The second-order valence-electron chi connectivity index (χ2n) is 3.61. The Morgan fingerprint density at radius 3 is 1.94 bits per heavy atom. The van der Waals surface area contributed by atoms with Crippen molar-refractivity contribution in [2.45, 2.75) is 33.2 Å². The fraction of sp³-hybridized carbons (Fsp3) is 0.385. The molecule has 0 aliphatic rings. The highest BCUT2D eigenvalue weighted by atomic mass is 17.0. The van der Waals surface area contributed by atoms with Gasteiger partial charge in [-0.1, -0.05) is 44.2 Å². The summed E-state index contributed by atoms with van der Waals surface area (Å²) >= 11 is 0. The van der Waals surface area contributed by atoms with E-state index >= 15 is 0 Å². The van der Waals surface area contributed by atoms with Crippen LogP contribution in [-0.2, 0) is 25.8 Å². The Morgan fingerprint density at radius 2 is 1.50 bits per heavy atom. The largest absolute Gasteiger partial charge is 0.333 e. The van der Waals surface area contributed by atoms with Crippen LogP contribution in [-0.4, -0.2) is 17.2 Å². The first-order valence-electron chi connectivity index (χ1n) is 5.88. The van der Waals surface area contributed by atoms with Gasteiger partial charge in [0.25, 0.3) is 0 Å². The number of benzene rings is 1. The molecule has 0 aliphatic carbocycles. The molecule has 1 rings (SSSR count). The quantitative estimate of drug-likeness (QED) is 0.726. The Balaban J connectivity index is 2.64. The highest BCUT2D eigenvalue weighted by Gasteiger charge is 2.15. The van der Waals surface area contributed by atoms with Crippen LogP contribution in [0.3, 0.4) is 0 Å². The maximum atomic E-state index is 11.2. The standard InChI is InChI=1S/C13H17NO4/c1-3-12(15)17-14(18-13(16)4-2)10-11-8-6-5-7-9-11/h5-9H,3-4,10H2,1-2H3. The van der Waals surface area contributed by atoms with Crippen LogP contribution in [0.1, 0.15) is 32.3 Å². The van der Waals surface area contributed by atoms with E-state index in [1.165, 1.54) is 0 Å². The number of hydroxylamine groups is 2. The van der Waals surface area contributed by atoms with Crippen LogP contribution >= 0.6 is 0 Å². The van der Waals surface area contributed by atoms with Crippen molar-refractivity contribution in [2.24, 2.45) is 0 Å². The van der Waals surface area contributed by atoms with Gasteiger partial charge in [0.2, 0.25) is 0 Å². The van der Waals surface area contributed by atoms with E-state index in [2.05, 4.69) is 0 Å². The zero-order valence-electron chi connectivity index (χ0n) is 10.6. The Morgan fingerprint density at radius 1 is 1.00 bits per heavy atom. The van der Waals surface area contributed by atoms with E-state index in [0.29, 0.717) is 0 Å². The van der Waals surface area contributed by atoms with E-state index in [9.17, 15) is 9.59 Å². The van der Waals surface area contributed by atoms with Crippen LogP contribution in [0, 0.1) is 0 Å². The molecular formula is C13H17NO4. The van der Waals surface area contributed by atoms with Gasteiger partial charge in [0.05, 0.1) is 6.54 Å². The van der Waals surface area contributed by atoms with Crippen molar-refractivity contribution in [1.29, 1.82) is 0 Å². The van der Waals surface area contributed by atoms with Gasteiger partial charge < -0.3 is 9.68 Å². The Kier molecular flexibility index (Phi) is 5.87. The predicted octanol–water partition coefficient (Wildman–Crippen LogP) is 2.22. The molecule has 1 aromatic rings. The molecule has 0 saturated carbocycles. The fourth-order valence-electron chi connectivity index (χ4n) is 1.17. The minimum Gasteiger partial charge on any atom is -0.333 e.